The average Bonchev–Trinajstić information content (AvgIpc) is 1.87. The molecule has 0 heterocycles. The summed E-state index contributed by atoms with van der Waals surface area (Å²) >= 11 is 0. The van der Waals surface area contributed by atoms with E-state index in [1.165, 1.54) is 0 Å². The van der Waals surface area contributed by atoms with Crippen LogP contribution in [0.2, 0.25) is 0 Å². The third-order valence-electron chi connectivity index (χ3n) is 1.22. The molecule has 0 aromatic heterocycles. The first-order valence-electron chi connectivity index (χ1n) is 3.59. The highest BCUT2D eigenvalue weighted by Crippen LogP contribution is 2.05. The average molecular weight is 148 g/mol. The van der Waals surface area contributed by atoms with Crippen molar-refractivity contribution >= 4 is 0 Å². The normalized spacial score (nSPS) is 17.4. The van der Waals surface area contributed by atoms with Gasteiger partial charge in [-0.3, -0.25) is 0 Å². The standard InChI is InChI=1S/C7H16O3/c1-4-6(8)10-7(9)5(2)3/h5-9H,4H2,1-3H3/t6?,7-/m0/s1. The zero-order chi connectivity index (χ0) is 8.15. The highest BCUT2D eigenvalue weighted by atomic mass is 16.7. The number of ether oxygens (including phenoxy) is 1. The molecule has 0 saturated heterocycles. The lowest BCUT2D eigenvalue weighted by Crippen LogP contribution is -2.25. The van der Waals surface area contributed by atoms with Gasteiger partial charge in [0.1, 0.15) is 0 Å². The Morgan fingerprint density at radius 2 is 1.80 bits per heavy atom. The molecular weight excluding hydrogens is 132 g/mol. The van der Waals surface area contributed by atoms with E-state index in [1.54, 1.807) is 6.92 Å². The van der Waals surface area contributed by atoms with Crippen molar-refractivity contribution in [2.45, 2.75) is 39.8 Å². The van der Waals surface area contributed by atoms with Gasteiger partial charge in [0.25, 0.3) is 0 Å². The van der Waals surface area contributed by atoms with Crippen molar-refractivity contribution in [3.05, 3.63) is 0 Å². The molecule has 0 aromatic carbocycles. The summed E-state index contributed by atoms with van der Waals surface area (Å²) in [4.78, 5) is 0. The van der Waals surface area contributed by atoms with Gasteiger partial charge in [-0.25, -0.2) is 0 Å². The fraction of sp³-hybridized carbons (Fsp3) is 1.00. The van der Waals surface area contributed by atoms with Crippen LogP contribution >= 0.6 is 0 Å². The lowest BCUT2D eigenvalue weighted by molar-refractivity contribution is -0.223. The summed E-state index contributed by atoms with van der Waals surface area (Å²) in [6, 6.07) is 0. The Morgan fingerprint density at radius 1 is 1.30 bits per heavy atom. The summed E-state index contributed by atoms with van der Waals surface area (Å²) in [5, 5.41) is 17.9. The first-order valence-corrected chi connectivity index (χ1v) is 3.59. The first kappa shape index (κ1) is 9.88. The van der Waals surface area contributed by atoms with E-state index in [0.717, 1.165) is 0 Å². The maximum Gasteiger partial charge on any atom is 0.159 e. The molecule has 2 N–H and O–H groups in total. The second-order valence-electron chi connectivity index (χ2n) is 2.63. The van der Waals surface area contributed by atoms with Crippen molar-refractivity contribution in [2.75, 3.05) is 0 Å². The Morgan fingerprint density at radius 3 is 2.10 bits per heavy atom. The van der Waals surface area contributed by atoms with Gasteiger partial charge in [0.05, 0.1) is 0 Å². The molecule has 3 heteroatoms. The van der Waals surface area contributed by atoms with E-state index in [1.807, 2.05) is 13.8 Å². The molecular formula is C7H16O3. The number of rotatable bonds is 4. The van der Waals surface area contributed by atoms with Crippen molar-refractivity contribution in [3.63, 3.8) is 0 Å². The molecule has 0 aliphatic rings. The minimum atomic E-state index is -0.852. The molecule has 0 bridgehead atoms. The van der Waals surface area contributed by atoms with Gasteiger partial charge in [0.15, 0.2) is 12.6 Å². The van der Waals surface area contributed by atoms with Crippen molar-refractivity contribution in [3.8, 4) is 0 Å². The van der Waals surface area contributed by atoms with Crippen molar-refractivity contribution in [1.29, 1.82) is 0 Å². The van der Waals surface area contributed by atoms with Gasteiger partial charge in [-0.15, -0.1) is 0 Å². The molecule has 1 unspecified atom stereocenters. The number of hydrogen-bond acceptors (Lipinski definition) is 3. The maximum atomic E-state index is 9.05. The van der Waals surface area contributed by atoms with Crippen LogP contribution in [0.25, 0.3) is 0 Å². The Labute approximate surface area is 61.6 Å². The fourth-order valence-electron chi connectivity index (χ4n) is 0.414. The number of aliphatic hydroxyl groups excluding tert-OH is 2. The lowest BCUT2D eigenvalue weighted by atomic mass is 10.2. The van der Waals surface area contributed by atoms with Gasteiger partial charge in [0, 0.05) is 5.92 Å². The molecule has 0 amide bonds. The van der Waals surface area contributed by atoms with Crippen LogP contribution in [-0.4, -0.2) is 22.8 Å². The molecule has 62 valence electrons. The maximum absolute atomic E-state index is 9.05. The second kappa shape index (κ2) is 4.66. The van der Waals surface area contributed by atoms with Crippen LogP contribution in [-0.2, 0) is 4.74 Å². The molecule has 10 heavy (non-hydrogen) atoms. The van der Waals surface area contributed by atoms with E-state index in [4.69, 9.17) is 14.9 Å². The molecule has 0 fully saturated rings. The van der Waals surface area contributed by atoms with Gasteiger partial charge < -0.3 is 14.9 Å². The van der Waals surface area contributed by atoms with Crippen LogP contribution in [0, 0.1) is 5.92 Å². The minimum Gasteiger partial charge on any atom is -0.368 e. The van der Waals surface area contributed by atoms with E-state index in [0.29, 0.717) is 6.42 Å². The Hall–Kier alpha value is -0.120. The van der Waals surface area contributed by atoms with E-state index >= 15 is 0 Å². The lowest BCUT2D eigenvalue weighted by Gasteiger charge is -2.18. The van der Waals surface area contributed by atoms with Crippen LogP contribution in [0.3, 0.4) is 0 Å². The third-order valence-corrected chi connectivity index (χ3v) is 1.22. The minimum absolute atomic E-state index is 0.0289. The van der Waals surface area contributed by atoms with E-state index < -0.39 is 12.6 Å². The summed E-state index contributed by atoms with van der Waals surface area (Å²) in [7, 11) is 0. The molecule has 0 radical (unpaired) electrons. The molecule has 0 aromatic rings. The monoisotopic (exact) mass is 148 g/mol. The SMILES string of the molecule is CCC(O)O[C@H](O)C(C)C. The second-order valence-corrected chi connectivity index (χ2v) is 2.63. The van der Waals surface area contributed by atoms with Gasteiger partial charge in [-0.05, 0) is 6.42 Å². The van der Waals surface area contributed by atoms with Crippen LogP contribution in [0.5, 0.6) is 0 Å². The van der Waals surface area contributed by atoms with Gasteiger partial charge in [-0.2, -0.15) is 0 Å². The smallest absolute Gasteiger partial charge is 0.159 e. The fourth-order valence-corrected chi connectivity index (χ4v) is 0.414. The molecule has 0 aliphatic carbocycles. The van der Waals surface area contributed by atoms with Crippen LogP contribution in [0.1, 0.15) is 27.2 Å². The highest BCUT2D eigenvalue weighted by molar-refractivity contribution is 4.47. The third kappa shape index (κ3) is 3.82. The van der Waals surface area contributed by atoms with E-state index in [2.05, 4.69) is 0 Å². The van der Waals surface area contributed by atoms with Crippen molar-refractivity contribution in [1.82, 2.24) is 0 Å². The summed E-state index contributed by atoms with van der Waals surface area (Å²) in [5.74, 6) is 0.0289. The zero-order valence-corrected chi connectivity index (χ0v) is 6.74. The topological polar surface area (TPSA) is 49.7 Å². The van der Waals surface area contributed by atoms with Gasteiger partial charge >= 0.3 is 0 Å². The Balaban J connectivity index is 3.46. The zero-order valence-electron chi connectivity index (χ0n) is 6.74. The number of hydrogen-bond donors (Lipinski definition) is 2. The van der Waals surface area contributed by atoms with Crippen molar-refractivity contribution < 1.29 is 14.9 Å². The highest BCUT2D eigenvalue weighted by Gasteiger charge is 2.12. The predicted molar refractivity (Wildman–Crippen MR) is 38.2 cm³/mol. The first-order chi connectivity index (χ1) is 4.57. The summed E-state index contributed by atoms with van der Waals surface area (Å²) in [6.07, 6.45) is -1.18. The summed E-state index contributed by atoms with van der Waals surface area (Å²) in [6.45, 7) is 5.44. The molecule has 0 aliphatic heterocycles. The summed E-state index contributed by atoms with van der Waals surface area (Å²) < 4.78 is 4.77. The van der Waals surface area contributed by atoms with E-state index in [9.17, 15) is 0 Å². The molecule has 3 nitrogen and oxygen atoms in total. The molecule has 0 spiro atoms. The van der Waals surface area contributed by atoms with Crippen LogP contribution in [0.4, 0.5) is 0 Å². The Kier molecular flexibility index (Phi) is 4.60. The van der Waals surface area contributed by atoms with E-state index in [-0.39, 0.29) is 5.92 Å². The van der Waals surface area contributed by atoms with Gasteiger partial charge in [0.2, 0.25) is 0 Å². The van der Waals surface area contributed by atoms with Crippen molar-refractivity contribution in [2.24, 2.45) is 5.92 Å². The predicted octanol–water partition coefficient (Wildman–Crippen LogP) is 0.706. The number of aliphatic hydroxyl groups is 2. The largest absolute Gasteiger partial charge is 0.368 e. The molecule has 2 atom stereocenters. The van der Waals surface area contributed by atoms with Gasteiger partial charge in [-0.1, -0.05) is 20.8 Å². The quantitative estimate of drug-likeness (QED) is 0.577. The molecule has 0 rings (SSSR count). The summed E-state index contributed by atoms with van der Waals surface area (Å²) in [5.41, 5.74) is 0. The van der Waals surface area contributed by atoms with Crippen LogP contribution < -0.4 is 0 Å². The van der Waals surface area contributed by atoms with Crippen LogP contribution in [0.15, 0.2) is 0 Å². The Bertz CT molecular complexity index is 82.9. The molecule has 0 saturated carbocycles.